The van der Waals surface area contributed by atoms with Crippen molar-refractivity contribution < 1.29 is 0 Å². The van der Waals surface area contributed by atoms with Gasteiger partial charge in [-0.15, -0.1) is 0 Å². The Balaban J connectivity index is 2.20. The zero-order valence-electron chi connectivity index (χ0n) is 12.1. The van der Waals surface area contributed by atoms with Crippen LogP contribution in [0, 0.1) is 5.41 Å². The van der Waals surface area contributed by atoms with E-state index in [2.05, 4.69) is 44.1 Å². The molecule has 1 heterocycles. The second kappa shape index (κ2) is 5.25. The quantitative estimate of drug-likeness (QED) is 0.831. The standard InChI is InChI=1S/C15H25N3/c1-5-7-11-9-13(16-8-6-2)18-14(17-11)12-10-15(12,3)4/h9,12H,5-8,10H2,1-4H3,(H,16,17,18). The maximum Gasteiger partial charge on any atom is 0.134 e. The summed E-state index contributed by atoms with van der Waals surface area (Å²) < 4.78 is 0. The van der Waals surface area contributed by atoms with Crippen LogP contribution in [-0.4, -0.2) is 16.5 Å². The normalized spacial score (nSPS) is 20.8. The van der Waals surface area contributed by atoms with E-state index in [1.165, 1.54) is 12.1 Å². The number of anilines is 1. The van der Waals surface area contributed by atoms with Crippen LogP contribution in [0.3, 0.4) is 0 Å². The van der Waals surface area contributed by atoms with Crippen molar-refractivity contribution in [2.45, 2.75) is 59.3 Å². The third kappa shape index (κ3) is 3.01. The van der Waals surface area contributed by atoms with Crippen molar-refractivity contribution in [3.63, 3.8) is 0 Å². The minimum atomic E-state index is 0.396. The average molecular weight is 247 g/mol. The van der Waals surface area contributed by atoms with Crippen LogP contribution >= 0.6 is 0 Å². The number of nitrogens with one attached hydrogen (secondary N) is 1. The first kappa shape index (κ1) is 13.3. The largest absolute Gasteiger partial charge is 0.370 e. The zero-order valence-corrected chi connectivity index (χ0v) is 12.1. The molecule has 100 valence electrons. The summed E-state index contributed by atoms with van der Waals surface area (Å²) in [6, 6.07) is 2.11. The van der Waals surface area contributed by atoms with E-state index in [1.807, 2.05) is 0 Å². The molecule has 0 amide bonds. The molecule has 3 nitrogen and oxygen atoms in total. The smallest absolute Gasteiger partial charge is 0.134 e. The molecule has 1 aromatic rings. The molecule has 1 fully saturated rings. The Morgan fingerprint density at radius 2 is 2.00 bits per heavy atom. The molecule has 0 saturated heterocycles. The first-order chi connectivity index (χ1) is 8.56. The van der Waals surface area contributed by atoms with Crippen LogP contribution in [0.1, 0.15) is 64.4 Å². The van der Waals surface area contributed by atoms with Gasteiger partial charge in [0.05, 0.1) is 0 Å². The first-order valence-corrected chi connectivity index (χ1v) is 7.18. The Kier molecular flexibility index (Phi) is 3.88. The van der Waals surface area contributed by atoms with E-state index >= 15 is 0 Å². The Hall–Kier alpha value is -1.12. The van der Waals surface area contributed by atoms with Crippen LogP contribution in [0.4, 0.5) is 5.82 Å². The maximum atomic E-state index is 4.74. The summed E-state index contributed by atoms with van der Waals surface area (Å²) in [6.07, 6.45) is 4.52. The van der Waals surface area contributed by atoms with E-state index in [9.17, 15) is 0 Å². The number of nitrogens with zero attached hydrogens (tertiary/aromatic N) is 2. The van der Waals surface area contributed by atoms with Crippen LogP contribution in [0.2, 0.25) is 0 Å². The third-order valence-corrected chi connectivity index (χ3v) is 3.68. The van der Waals surface area contributed by atoms with Crippen molar-refractivity contribution >= 4 is 5.82 Å². The Morgan fingerprint density at radius 3 is 2.56 bits per heavy atom. The van der Waals surface area contributed by atoms with E-state index in [4.69, 9.17) is 4.98 Å². The van der Waals surface area contributed by atoms with Gasteiger partial charge >= 0.3 is 0 Å². The van der Waals surface area contributed by atoms with Crippen LogP contribution in [0.15, 0.2) is 6.07 Å². The minimum Gasteiger partial charge on any atom is -0.370 e. The van der Waals surface area contributed by atoms with Gasteiger partial charge in [0, 0.05) is 24.2 Å². The molecule has 0 aromatic carbocycles. The molecule has 1 saturated carbocycles. The summed E-state index contributed by atoms with van der Waals surface area (Å²) in [5, 5.41) is 3.39. The summed E-state index contributed by atoms with van der Waals surface area (Å²) in [4.78, 5) is 9.43. The van der Waals surface area contributed by atoms with Gasteiger partial charge in [0.25, 0.3) is 0 Å². The molecule has 0 radical (unpaired) electrons. The zero-order chi connectivity index (χ0) is 13.2. The molecule has 0 aliphatic heterocycles. The summed E-state index contributed by atoms with van der Waals surface area (Å²) in [5.74, 6) is 2.61. The van der Waals surface area contributed by atoms with E-state index in [0.717, 1.165) is 37.4 Å². The van der Waals surface area contributed by atoms with Gasteiger partial charge < -0.3 is 5.32 Å². The predicted molar refractivity (Wildman–Crippen MR) is 75.9 cm³/mol. The van der Waals surface area contributed by atoms with Gasteiger partial charge in [0.15, 0.2) is 0 Å². The van der Waals surface area contributed by atoms with Gasteiger partial charge in [-0.05, 0) is 24.7 Å². The highest BCUT2D eigenvalue weighted by molar-refractivity contribution is 5.37. The highest BCUT2D eigenvalue weighted by Crippen LogP contribution is 2.57. The molecule has 1 atom stereocenters. The van der Waals surface area contributed by atoms with Crippen LogP contribution in [0.25, 0.3) is 0 Å². The van der Waals surface area contributed by atoms with Crippen molar-refractivity contribution in [2.24, 2.45) is 5.41 Å². The van der Waals surface area contributed by atoms with Gasteiger partial charge in [-0.25, -0.2) is 9.97 Å². The number of aryl methyl sites for hydroxylation is 1. The molecule has 1 unspecified atom stereocenters. The lowest BCUT2D eigenvalue weighted by atomic mass is 10.1. The fourth-order valence-electron chi connectivity index (χ4n) is 2.31. The van der Waals surface area contributed by atoms with Crippen molar-refractivity contribution in [3.8, 4) is 0 Å². The highest BCUT2D eigenvalue weighted by Gasteiger charge is 2.48. The molecule has 1 aliphatic carbocycles. The number of hydrogen-bond acceptors (Lipinski definition) is 3. The number of aromatic nitrogens is 2. The monoisotopic (exact) mass is 247 g/mol. The molecule has 2 rings (SSSR count). The van der Waals surface area contributed by atoms with Crippen molar-refractivity contribution in [1.29, 1.82) is 0 Å². The van der Waals surface area contributed by atoms with Gasteiger partial charge in [0.2, 0.25) is 0 Å². The molecule has 1 aliphatic rings. The van der Waals surface area contributed by atoms with Crippen molar-refractivity contribution in [2.75, 3.05) is 11.9 Å². The molecule has 1 aromatic heterocycles. The van der Waals surface area contributed by atoms with Gasteiger partial charge in [0.1, 0.15) is 11.6 Å². The molecular weight excluding hydrogens is 222 g/mol. The van der Waals surface area contributed by atoms with E-state index in [0.29, 0.717) is 11.3 Å². The van der Waals surface area contributed by atoms with Gasteiger partial charge in [-0.1, -0.05) is 34.1 Å². The summed E-state index contributed by atoms with van der Waals surface area (Å²) in [5.41, 5.74) is 1.58. The van der Waals surface area contributed by atoms with Gasteiger partial charge in [-0.2, -0.15) is 0 Å². The lowest BCUT2D eigenvalue weighted by molar-refractivity contribution is 0.606. The highest BCUT2D eigenvalue weighted by atomic mass is 15.0. The van der Waals surface area contributed by atoms with E-state index in [1.54, 1.807) is 0 Å². The summed E-state index contributed by atoms with van der Waals surface area (Å²) in [6.45, 7) is 9.95. The lowest BCUT2D eigenvalue weighted by Crippen LogP contribution is -2.08. The Morgan fingerprint density at radius 1 is 1.28 bits per heavy atom. The van der Waals surface area contributed by atoms with Crippen molar-refractivity contribution in [3.05, 3.63) is 17.6 Å². The van der Waals surface area contributed by atoms with Gasteiger partial charge in [-0.3, -0.25) is 0 Å². The molecule has 18 heavy (non-hydrogen) atoms. The molecule has 3 heteroatoms. The Labute approximate surface area is 110 Å². The molecule has 0 bridgehead atoms. The second-order valence-corrected chi connectivity index (χ2v) is 6.02. The van der Waals surface area contributed by atoms with E-state index in [-0.39, 0.29) is 0 Å². The predicted octanol–water partition coefficient (Wildman–Crippen LogP) is 3.76. The topological polar surface area (TPSA) is 37.8 Å². The summed E-state index contributed by atoms with van der Waals surface area (Å²) >= 11 is 0. The minimum absolute atomic E-state index is 0.396. The third-order valence-electron chi connectivity index (χ3n) is 3.68. The number of hydrogen-bond donors (Lipinski definition) is 1. The Bertz CT molecular complexity index is 412. The lowest BCUT2D eigenvalue weighted by Gasteiger charge is -2.10. The van der Waals surface area contributed by atoms with Crippen molar-refractivity contribution in [1.82, 2.24) is 9.97 Å². The fraction of sp³-hybridized carbons (Fsp3) is 0.733. The second-order valence-electron chi connectivity index (χ2n) is 6.02. The van der Waals surface area contributed by atoms with Crippen LogP contribution in [0.5, 0.6) is 0 Å². The van der Waals surface area contributed by atoms with Crippen LogP contribution < -0.4 is 5.32 Å². The SMILES string of the molecule is CCCNc1cc(CCC)nc(C2CC2(C)C)n1. The van der Waals surface area contributed by atoms with Crippen LogP contribution in [-0.2, 0) is 6.42 Å². The molecular formula is C15H25N3. The average Bonchev–Trinajstić information content (AvgIpc) is 2.96. The van der Waals surface area contributed by atoms with E-state index < -0.39 is 0 Å². The first-order valence-electron chi connectivity index (χ1n) is 7.18. The maximum absolute atomic E-state index is 4.74. The molecule has 1 N–H and O–H groups in total. The fourth-order valence-corrected chi connectivity index (χ4v) is 2.31. The summed E-state index contributed by atoms with van der Waals surface area (Å²) in [7, 11) is 0. The molecule has 0 spiro atoms. The number of rotatable bonds is 6.